The number of carbonyl (C=O) groups excluding carboxylic acids is 1. The molecular weight excluding hydrogens is 335 g/mol. The lowest BCUT2D eigenvalue weighted by Gasteiger charge is -2.13. The monoisotopic (exact) mass is 348 g/mol. The molecule has 3 rings (SSSR count). The highest BCUT2D eigenvalue weighted by atomic mass is 35.5. The summed E-state index contributed by atoms with van der Waals surface area (Å²) in [7, 11) is 4.58. The fourth-order valence-electron chi connectivity index (χ4n) is 2.39. The minimum atomic E-state index is -0.630. The SMILES string of the molecule is COc1cc(C(=O)N(C)C)cc(F)c1-c1cc2nccc(Cl)c2o1. The van der Waals surface area contributed by atoms with E-state index in [1.165, 1.54) is 24.3 Å². The second kappa shape index (κ2) is 6.13. The Morgan fingerprint density at radius 2 is 2.08 bits per heavy atom. The van der Waals surface area contributed by atoms with Crippen molar-refractivity contribution in [2.24, 2.45) is 0 Å². The van der Waals surface area contributed by atoms with E-state index in [4.69, 9.17) is 20.8 Å². The van der Waals surface area contributed by atoms with Gasteiger partial charge < -0.3 is 14.1 Å². The molecule has 0 unspecified atom stereocenters. The molecule has 0 aliphatic carbocycles. The lowest BCUT2D eigenvalue weighted by atomic mass is 10.1. The van der Waals surface area contributed by atoms with E-state index in [9.17, 15) is 9.18 Å². The van der Waals surface area contributed by atoms with E-state index in [0.29, 0.717) is 16.1 Å². The van der Waals surface area contributed by atoms with E-state index >= 15 is 0 Å². The third-order valence-electron chi connectivity index (χ3n) is 3.54. The van der Waals surface area contributed by atoms with E-state index in [1.807, 2.05) is 0 Å². The van der Waals surface area contributed by atoms with Crippen molar-refractivity contribution in [1.82, 2.24) is 9.88 Å². The molecule has 0 N–H and O–H groups in total. The largest absolute Gasteiger partial charge is 0.496 e. The highest BCUT2D eigenvalue weighted by Gasteiger charge is 2.21. The molecule has 2 aromatic heterocycles. The minimum absolute atomic E-state index is 0.113. The van der Waals surface area contributed by atoms with Crippen molar-refractivity contribution in [2.45, 2.75) is 0 Å². The van der Waals surface area contributed by atoms with Crippen molar-refractivity contribution in [3.8, 4) is 17.1 Å². The number of benzene rings is 1. The van der Waals surface area contributed by atoms with Gasteiger partial charge in [-0.1, -0.05) is 11.6 Å². The molecule has 5 nitrogen and oxygen atoms in total. The molecule has 0 saturated heterocycles. The quantitative estimate of drug-likeness (QED) is 0.718. The molecule has 0 atom stereocenters. The van der Waals surface area contributed by atoms with E-state index in [1.54, 1.807) is 26.2 Å². The predicted molar refractivity (Wildman–Crippen MR) is 89.0 cm³/mol. The minimum Gasteiger partial charge on any atom is -0.496 e. The van der Waals surface area contributed by atoms with Gasteiger partial charge in [-0.05, 0) is 18.2 Å². The Kier molecular flexibility index (Phi) is 4.15. The van der Waals surface area contributed by atoms with Gasteiger partial charge in [-0.25, -0.2) is 4.39 Å². The summed E-state index contributed by atoms with van der Waals surface area (Å²) in [5, 5.41) is 0.380. The van der Waals surface area contributed by atoms with Crippen LogP contribution in [0.15, 0.2) is 34.9 Å². The van der Waals surface area contributed by atoms with Crippen LogP contribution >= 0.6 is 11.6 Å². The molecule has 0 aliphatic heterocycles. The summed E-state index contributed by atoms with van der Waals surface area (Å²) in [6.07, 6.45) is 1.54. The molecule has 7 heteroatoms. The Balaban J connectivity index is 2.19. The molecule has 0 aliphatic rings. The van der Waals surface area contributed by atoms with Crippen LogP contribution in [0, 0.1) is 5.82 Å². The Morgan fingerprint density at radius 1 is 1.33 bits per heavy atom. The Labute approximate surface area is 142 Å². The third kappa shape index (κ3) is 2.69. The Morgan fingerprint density at radius 3 is 2.71 bits per heavy atom. The average molecular weight is 349 g/mol. The van der Waals surface area contributed by atoms with Gasteiger partial charge in [0.15, 0.2) is 5.58 Å². The van der Waals surface area contributed by atoms with Gasteiger partial charge in [0.1, 0.15) is 22.8 Å². The smallest absolute Gasteiger partial charge is 0.253 e. The molecule has 3 aromatic rings. The number of pyridine rings is 1. The summed E-state index contributed by atoms with van der Waals surface area (Å²) in [6, 6.07) is 5.80. The molecule has 1 aromatic carbocycles. The molecular formula is C17H14ClFN2O3. The summed E-state index contributed by atoms with van der Waals surface area (Å²) in [4.78, 5) is 17.6. The zero-order valence-corrected chi connectivity index (χ0v) is 14.0. The number of halogens is 2. The number of methoxy groups -OCH3 is 1. The van der Waals surface area contributed by atoms with Crippen LogP contribution in [0.5, 0.6) is 5.75 Å². The van der Waals surface area contributed by atoms with Gasteiger partial charge in [-0.3, -0.25) is 9.78 Å². The van der Waals surface area contributed by atoms with Crippen LogP contribution in [0.2, 0.25) is 5.02 Å². The van der Waals surface area contributed by atoms with Crippen molar-refractivity contribution in [3.05, 3.63) is 46.9 Å². The third-order valence-corrected chi connectivity index (χ3v) is 3.83. The highest BCUT2D eigenvalue weighted by Crippen LogP contribution is 2.38. The Bertz CT molecular complexity index is 937. The number of fused-ring (bicyclic) bond motifs is 1. The zero-order chi connectivity index (χ0) is 17.4. The van der Waals surface area contributed by atoms with Crippen molar-refractivity contribution in [3.63, 3.8) is 0 Å². The summed E-state index contributed by atoms with van der Waals surface area (Å²) in [5.41, 5.74) is 1.17. The molecule has 0 radical (unpaired) electrons. The van der Waals surface area contributed by atoms with Gasteiger partial charge in [0.25, 0.3) is 5.91 Å². The summed E-state index contributed by atoms with van der Waals surface area (Å²) in [5.74, 6) is -0.540. The van der Waals surface area contributed by atoms with E-state index < -0.39 is 5.82 Å². The van der Waals surface area contributed by atoms with Crippen LogP contribution in [-0.2, 0) is 0 Å². The van der Waals surface area contributed by atoms with Crippen LogP contribution in [0.3, 0.4) is 0 Å². The van der Waals surface area contributed by atoms with Gasteiger partial charge in [0, 0.05) is 31.9 Å². The average Bonchev–Trinajstić information content (AvgIpc) is 2.98. The maximum atomic E-state index is 14.7. The molecule has 0 spiro atoms. The number of hydrogen-bond donors (Lipinski definition) is 0. The van der Waals surface area contributed by atoms with Crippen molar-refractivity contribution in [2.75, 3.05) is 21.2 Å². The van der Waals surface area contributed by atoms with Crippen molar-refractivity contribution >= 4 is 28.6 Å². The molecule has 0 bridgehead atoms. The maximum Gasteiger partial charge on any atom is 0.253 e. The second-order valence-corrected chi connectivity index (χ2v) is 5.76. The second-order valence-electron chi connectivity index (χ2n) is 5.35. The molecule has 1 amide bonds. The van der Waals surface area contributed by atoms with Gasteiger partial charge in [-0.2, -0.15) is 0 Å². The molecule has 24 heavy (non-hydrogen) atoms. The predicted octanol–water partition coefficient (Wildman–Crippen LogP) is 4.00. The number of amides is 1. The van der Waals surface area contributed by atoms with Crippen LogP contribution in [-0.4, -0.2) is 37.0 Å². The number of furan rings is 1. The lowest BCUT2D eigenvalue weighted by Crippen LogP contribution is -2.21. The van der Waals surface area contributed by atoms with Crippen molar-refractivity contribution in [1.29, 1.82) is 0 Å². The molecule has 0 fully saturated rings. The van der Waals surface area contributed by atoms with Crippen LogP contribution < -0.4 is 4.74 Å². The first kappa shape index (κ1) is 16.3. The zero-order valence-electron chi connectivity index (χ0n) is 13.3. The van der Waals surface area contributed by atoms with Gasteiger partial charge >= 0.3 is 0 Å². The maximum absolute atomic E-state index is 14.7. The van der Waals surface area contributed by atoms with E-state index in [0.717, 1.165) is 6.07 Å². The fourth-order valence-corrected chi connectivity index (χ4v) is 2.59. The first-order valence-electron chi connectivity index (χ1n) is 7.06. The van der Waals surface area contributed by atoms with Gasteiger partial charge in [-0.15, -0.1) is 0 Å². The number of hydrogen-bond acceptors (Lipinski definition) is 4. The van der Waals surface area contributed by atoms with Crippen LogP contribution in [0.1, 0.15) is 10.4 Å². The van der Waals surface area contributed by atoms with Crippen LogP contribution in [0.4, 0.5) is 4.39 Å². The fraction of sp³-hybridized carbons (Fsp3) is 0.176. The molecule has 124 valence electrons. The summed E-state index contributed by atoms with van der Waals surface area (Å²) < 4.78 is 25.6. The van der Waals surface area contributed by atoms with Crippen LogP contribution in [0.25, 0.3) is 22.4 Å². The lowest BCUT2D eigenvalue weighted by molar-refractivity contribution is 0.0826. The number of nitrogens with zero attached hydrogens (tertiary/aromatic N) is 2. The molecule has 0 saturated carbocycles. The van der Waals surface area contributed by atoms with E-state index in [-0.39, 0.29) is 28.5 Å². The summed E-state index contributed by atoms with van der Waals surface area (Å²) >= 11 is 6.06. The Hall–Kier alpha value is -2.60. The summed E-state index contributed by atoms with van der Waals surface area (Å²) in [6.45, 7) is 0. The first-order chi connectivity index (χ1) is 11.4. The van der Waals surface area contributed by atoms with Crippen molar-refractivity contribution < 1.29 is 18.3 Å². The topological polar surface area (TPSA) is 55.6 Å². The number of ether oxygens (including phenoxy) is 1. The number of aromatic nitrogens is 1. The standard InChI is InChI=1S/C17H14ClFN2O3/c1-21(2)17(22)9-6-11(19)15(13(7-9)23-3)14-8-12-16(24-14)10(18)4-5-20-12/h4-8H,1-3H3. The van der Waals surface area contributed by atoms with Gasteiger partial charge in [0.2, 0.25) is 0 Å². The van der Waals surface area contributed by atoms with E-state index in [2.05, 4.69) is 4.98 Å². The number of rotatable bonds is 3. The number of carbonyl (C=O) groups is 1. The normalized spacial score (nSPS) is 10.9. The highest BCUT2D eigenvalue weighted by molar-refractivity contribution is 6.34. The molecule has 2 heterocycles. The van der Waals surface area contributed by atoms with Gasteiger partial charge in [0.05, 0.1) is 17.7 Å². The first-order valence-corrected chi connectivity index (χ1v) is 7.43.